The summed E-state index contributed by atoms with van der Waals surface area (Å²) in [6.45, 7) is 8.73. The van der Waals surface area contributed by atoms with E-state index in [1.54, 1.807) is 19.2 Å². The average molecular weight is 392 g/mol. The van der Waals surface area contributed by atoms with E-state index in [1.165, 1.54) is 11.1 Å². The third-order valence-corrected chi connectivity index (χ3v) is 7.35. The topological polar surface area (TPSA) is 58.9 Å². The number of methoxy groups -OCH3 is 1. The van der Waals surface area contributed by atoms with Gasteiger partial charge in [0.25, 0.3) is 0 Å². The molecular formula is C25H28O4. The average Bonchev–Trinajstić information content (AvgIpc) is 3.01. The maximum absolute atomic E-state index is 10.1. The lowest BCUT2D eigenvalue weighted by Crippen LogP contribution is -2.48. The van der Waals surface area contributed by atoms with Crippen molar-refractivity contribution < 1.29 is 19.7 Å². The summed E-state index contributed by atoms with van der Waals surface area (Å²) < 4.78 is 12.1. The fraction of sp³-hybridized carbons (Fsp3) is 0.440. The van der Waals surface area contributed by atoms with Gasteiger partial charge in [0.2, 0.25) is 0 Å². The van der Waals surface area contributed by atoms with Crippen LogP contribution < -0.4 is 9.47 Å². The SMILES string of the molecule is COc1cc2c(c3c1C[C@H]1[C@@H]3[C@H](c3ccc(O)c(O)c3)C1(C)C)C=CC(C)(C)O2. The van der Waals surface area contributed by atoms with Gasteiger partial charge in [-0.05, 0) is 78.3 Å². The Balaban J connectivity index is 1.68. The standard InChI is InChI=1S/C25H28O4/c1-24(2)9-8-14-20(29-24)12-19(28-5)15-11-16-22(21(14)15)23(25(16,3)4)13-6-7-17(26)18(27)10-13/h6-10,12,16,22-23,26-27H,11H2,1-5H3/t16-,22-,23-/m0/s1. The molecule has 152 valence electrons. The lowest BCUT2D eigenvalue weighted by Gasteiger charge is -2.57. The smallest absolute Gasteiger partial charge is 0.157 e. The van der Waals surface area contributed by atoms with Crippen LogP contribution in [0.3, 0.4) is 0 Å². The molecule has 2 aromatic carbocycles. The number of rotatable bonds is 2. The summed E-state index contributed by atoms with van der Waals surface area (Å²) in [6.07, 6.45) is 5.32. The highest BCUT2D eigenvalue weighted by atomic mass is 16.5. The summed E-state index contributed by atoms with van der Waals surface area (Å²) >= 11 is 0. The molecule has 2 aliphatic carbocycles. The first-order chi connectivity index (χ1) is 13.6. The fourth-order valence-electron chi connectivity index (χ4n) is 5.96. The zero-order valence-electron chi connectivity index (χ0n) is 17.6. The molecule has 0 saturated heterocycles. The predicted octanol–water partition coefficient (Wildman–Crippen LogP) is 5.37. The van der Waals surface area contributed by atoms with Crippen molar-refractivity contribution >= 4 is 6.08 Å². The number of aromatic hydroxyl groups is 2. The molecule has 1 aliphatic heterocycles. The van der Waals surface area contributed by atoms with Crippen molar-refractivity contribution in [2.24, 2.45) is 11.3 Å². The zero-order valence-corrected chi connectivity index (χ0v) is 17.6. The summed E-state index contributed by atoms with van der Waals surface area (Å²) in [4.78, 5) is 0. The van der Waals surface area contributed by atoms with Crippen LogP contribution in [0, 0.1) is 11.3 Å². The largest absolute Gasteiger partial charge is 0.504 e. The van der Waals surface area contributed by atoms with Crippen molar-refractivity contribution in [2.75, 3.05) is 7.11 Å². The predicted molar refractivity (Wildman–Crippen MR) is 113 cm³/mol. The molecule has 1 saturated carbocycles. The normalized spacial score (nSPS) is 27.3. The monoisotopic (exact) mass is 392 g/mol. The van der Waals surface area contributed by atoms with Gasteiger partial charge in [0.15, 0.2) is 11.5 Å². The van der Waals surface area contributed by atoms with Crippen LogP contribution in [0.1, 0.15) is 61.8 Å². The molecule has 2 aromatic rings. The molecule has 0 bridgehead atoms. The quantitative estimate of drug-likeness (QED) is 0.675. The van der Waals surface area contributed by atoms with Gasteiger partial charge < -0.3 is 19.7 Å². The molecule has 1 fully saturated rings. The lowest BCUT2D eigenvalue weighted by atomic mass is 9.46. The Morgan fingerprint density at radius 1 is 1.07 bits per heavy atom. The van der Waals surface area contributed by atoms with Crippen LogP contribution >= 0.6 is 0 Å². The van der Waals surface area contributed by atoms with Crippen molar-refractivity contribution in [2.45, 2.75) is 51.6 Å². The number of ether oxygens (including phenoxy) is 2. The van der Waals surface area contributed by atoms with Gasteiger partial charge >= 0.3 is 0 Å². The molecule has 0 amide bonds. The van der Waals surface area contributed by atoms with E-state index in [2.05, 4.69) is 39.8 Å². The molecule has 4 nitrogen and oxygen atoms in total. The van der Waals surface area contributed by atoms with E-state index in [4.69, 9.17) is 9.47 Å². The number of hydrogen-bond donors (Lipinski definition) is 2. The van der Waals surface area contributed by atoms with Crippen molar-refractivity contribution in [3.63, 3.8) is 0 Å². The number of phenolic OH excluding ortho intramolecular Hbond substituents is 2. The van der Waals surface area contributed by atoms with Crippen molar-refractivity contribution in [3.05, 3.63) is 52.6 Å². The van der Waals surface area contributed by atoms with Gasteiger partial charge in [0.1, 0.15) is 17.1 Å². The van der Waals surface area contributed by atoms with Gasteiger partial charge in [-0.15, -0.1) is 0 Å². The first-order valence-electron chi connectivity index (χ1n) is 10.3. The maximum Gasteiger partial charge on any atom is 0.157 e. The summed E-state index contributed by atoms with van der Waals surface area (Å²) in [5.74, 6) is 2.74. The summed E-state index contributed by atoms with van der Waals surface area (Å²) in [5.41, 5.74) is 4.57. The zero-order chi connectivity index (χ0) is 20.7. The molecule has 2 N–H and O–H groups in total. The Bertz CT molecular complexity index is 1050. The Morgan fingerprint density at radius 2 is 1.83 bits per heavy atom. The number of phenols is 2. The highest BCUT2D eigenvalue weighted by Gasteiger charge is 2.61. The summed E-state index contributed by atoms with van der Waals surface area (Å²) in [6, 6.07) is 7.30. The number of benzene rings is 2. The minimum atomic E-state index is -0.342. The van der Waals surface area contributed by atoms with E-state index in [0.29, 0.717) is 11.8 Å². The Labute approximate surface area is 171 Å². The van der Waals surface area contributed by atoms with Crippen molar-refractivity contribution in [3.8, 4) is 23.0 Å². The van der Waals surface area contributed by atoms with E-state index in [1.807, 2.05) is 12.1 Å². The van der Waals surface area contributed by atoms with Gasteiger partial charge in [-0.1, -0.05) is 26.0 Å². The van der Waals surface area contributed by atoms with E-state index < -0.39 is 0 Å². The van der Waals surface area contributed by atoms with E-state index in [0.717, 1.165) is 29.0 Å². The Hall–Kier alpha value is -2.62. The minimum absolute atomic E-state index is 0.0578. The summed E-state index contributed by atoms with van der Waals surface area (Å²) in [5, 5.41) is 19.9. The molecular weight excluding hydrogens is 364 g/mol. The van der Waals surface area contributed by atoms with Crippen LogP contribution in [-0.2, 0) is 6.42 Å². The van der Waals surface area contributed by atoms with Gasteiger partial charge in [0.05, 0.1) is 7.11 Å². The summed E-state index contributed by atoms with van der Waals surface area (Å²) in [7, 11) is 1.73. The van der Waals surface area contributed by atoms with Gasteiger partial charge in [-0.25, -0.2) is 0 Å². The molecule has 0 spiro atoms. The minimum Gasteiger partial charge on any atom is -0.504 e. The second kappa shape index (κ2) is 5.71. The fourth-order valence-corrected chi connectivity index (χ4v) is 5.96. The Kier molecular flexibility index (Phi) is 3.63. The van der Waals surface area contributed by atoms with E-state index >= 15 is 0 Å². The first kappa shape index (κ1) is 18.4. The van der Waals surface area contributed by atoms with Crippen molar-refractivity contribution in [1.82, 2.24) is 0 Å². The third-order valence-electron chi connectivity index (χ3n) is 7.35. The van der Waals surface area contributed by atoms with Crippen LogP contribution in [-0.4, -0.2) is 22.9 Å². The molecule has 3 aliphatic rings. The van der Waals surface area contributed by atoms with Crippen LogP contribution in [0.5, 0.6) is 23.0 Å². The van der Waals surface area contributed by atoms with Crippen LogP contribution in [0.25, 0.3) is 6.08 Å². The molecule has 0 unspecified atom stereocenters. The molecule has 1 heterocycles. The number of hydrogen-bond acceptors (Lipinski definition) is 4. The van der Waals surface area contributed by atoms with E-state index in [9.17, 15) is 10.2 Å². The molecule has 0 aromatic heterocycles. The van der Waals surface area contributed by atoms with Crippen molar-refractivity contribution in [1.29, 1.82) is 0 Å². The van der Waals surface area contributed by atoms with Crippen LogP contribution in [0.15, 0.2) is 30.3 Å². The second-order valence-corrected chi connectivity index (χ2v) is 9.81. The lowest BCUT2D eigenvalue weighted by molar-refractivity contribution is 0.0123. The van der Waals surface area contributed by atoms with Gasteiger partial charge in [0, 0.05) is 11.6 Å². The van der Waals surface area contributed by atoms with Crippen LogP contribution in [0.4, 0.5) is 0 Å². The highest BCUT2D eigenvalue weighted by Crippen LogP contribution is 2.71. The van der Waals surface area contributed by atoms with Gasteiger partial charge in [-0.2, -0.15) is 0 Å². The highest BCUT2D eigenvalue weighted by molar-refractivity contribution is 5.72. The van der Waals surface area contributed by atoms with E-state index in [-0.39, 0.29) is 28.4 Å². The number of fused-ring (bicyclic) bond motifs is 5. The third kappa shape index (κ3) is 2.44. The molecule has 3 atom stereocenters. The maximum atomic E-state index is 10.1. The second-order valence-electron chi connectivity index (χ2n) is 9.81. The first-order valence-corrected chi connectivity index (χ1v) is 10.3. The van der Waals surface area contributed by atoms with Crippen LogP contribution in [0.2, 0.25) is 0 Å². The van der Waals surface area contributed by atoms with Gasteiger partial charge in [-0.3, -0.25) is 0 Å². The molecule has 5 rings (SSSR count). The Morgan fingerprint density at radius 3 is 2.52 bits per heavy atom. The molecule has 0 radical (unpaired) electrons. The molecule has 4 heteroatoms. The molecule has 29 heavy (non-hydrogen) atoms.